The highest BCUT2D eigenvalue weighted by atomic mass is 32.2. The van der Waals surface area contributed by atoms with E-state index in [-0.39, 0.29) is 9.08 Å². The van der Waals surface area contributed by atoms with Crippen molar-refractivity contribution in [3.63, 3.8) is 0 Å². The van der Waals surface area contributed by atoms with E-state index in [1.54, 1.807) is 18.7 Å². The molecule has 16 heavy (non-hydrogen) atoms. The van der Waals surface area contributed by atoms with Gasteiger partial charge in [0, 0.05) is 12.2 Å². The summed E-state index contributed by atoms with van der Waals surface area (Å²) in [7, 11) is -3.52. The Labute approximate surface area is 103 Å². The van der Waals surface area contributed by atoms with E-state index < -0.39 is 10.0 Å². The smallest absolute Gasteiger partial charge is 0.305 e. The van der Waals surface area contributed by atoms with Crippen molar-refractivity contribution >= 4 is 33.1 Å². The molecule has 0 aliphatic carbocycles. The number of hydrogen-bond acceptors (Lipinski definition) is 5. The van der Waals surface area contributed by atoms with Gasteiger partial charge in [0.05, 0.1) is 0 Å². The van der Waals surface area contributed by atoms with E-state index in [4.69, 9.17) is 0 Å². The predicted octanol–water partition coefficient (Wildman–Crippen LogP) is 0.776. The second-order valence-electron chi connectivity index (χ2n) is 3.17. The fourth-order valence-corrected chi connectivity index (χ4v) is 3.99. The Bertz CT molecular complexity index is 489. The third kappa shape index (κ3) is 3.62. The first-order valence-corrected chi connectivity index (χ1v) is 8.35. The normalized spacial score (nSPS) is 11.9. The average molecular weight is 282 g/mol. The maximum Gasteiger partial charge on any atom is 0.305 e. The molecule has 0 aromatic carbocycles. The molecule has 0 radical (unpaired) electrons. The first-order valence-electron chi connectivity index (χ1n) is 4.65. The summed E-state index contributed by atoms with van der Waals surface area (Å²) in [6, 6.07) is 0. The number of aromatic amines is 1. The minimum atomic E-state index is -3.52. The van der Waals surface area contributed by atoms with Gasteiger partial charge in [0.15, 0.2) is 4.21 Å². The van der Waals surface area contributed by atoms with Crippen LogP contribution in [0, 0.1) is 6.92 Å². The van der Waals surface area contributed by atoms with Crippen LogP contribution in [0.1, 0.15) is 12.1 Å². The van der Waals surface area contributed by atoms with E-state index in [0.717, 1.165) is 23.5 Å². The Kier molecular flexibility index (Phi) is 5.03. The second kappa shape index (κ2) is 5.85. The van der Waals surface area contributed by atoms with Crippen LogP contribution in [-0.2, 0) is 10.0 Å². The average Bonchev–Trinajstić information content (AvgIpc) is 2.53. The van der Waals surface area contributed by atoms with Crippen LogP contribution in [0.4, 0.5) is 0 Å². The zero-order valence-corrected chi connectivity index (χ0v) is 11.5. The van der Waals surface area contributed by atoms with E-state index in [1.165, 1.54) is 0 Å². The number of H-pyrrole nitrogens is 1. The molecule has 2 N–H and O–H groups in total. The van der Waals surface area contributed by atoms with Gasteiger partial charge < -0.3 is 4.98 Å². The number of thioether (sulfide) groups is 1. The van der Waals surface area contributed by atoms with Crippen molar-refractivity contribution < 1.29 is 8.42 Å². The summed E-state index contributed by atoms with van der Waals surface area (Å²) in [5.41, 5.74) is 0.396. The van der Waals surface area contributed by atoms with Gasteiger partial charge in [-0.1, -0.05) is 11.3 Å². The number of rotatable bonds is 6. The molecule has 5 nitrogen and oxygen atoms in total. The highest BCUT2D eigenvalue weighted by molar-refractivity contribution is 7.98. The van der Waals surface area contributed by atoms with Crippen molar-refractivity contribution in [2.75, 3.05) is 18.6 Å². The van der Waals surface area contributed by atoms with E-state index in [0.29, 0.717) is 12.2 Å². The van der Waals surface area contributed by atoms with Crippen molar-refractivity contribution in [2.24, 2.45) is 0 Å². The predicted molar refractivity (Wildman–Crippen MR) is 67.9 cm³/mol. The van der Waals surface area contributed by atoms with Crippen LogP contribution in [-0.4, -0.2) is 32.0 Å². The minimum absolute atomic E-state index is 0.0849. The third-order valence-corrected chi connectivity index (χ3v) is 5.61. The van der Waals surface area contributed by atoms with Crippen molar-refractivity contribution in [3.8, 4) is 0 Å². The van der Waals surface area contributed by atoms with Gasteiger partial charge in [-0.05, 0) is 25.4 Å². The van der Waals surface area contributed by atoms with Crippen molar-refractivity contribution in [1.82, 2.24) is 9.71 Å². The number of nitrogens with one attached hydrogen (secondary N) is 2. The lowest BCUT2D eigenvalue weighted by molar-refractivity contribution is 0.582. The number of sulfonamides is 1. The van der Waals surface area contributed by atoms with E-state index in [2.05, 4.69) is 9.71 Å². The van der Waals surface area contributed by atoms with Crippen LogP contribution in [0.5, 0.6) is 0 Å². The summed E-state index contributed by atoms with van der Waals surface area (Å²) in [4.78, 5) is 13.1. The summed E-state index contributed by atoms with van der Waals surface area (Å²) < 4.78 is 26.1. The highest BCUT2D eigenvalue weighted by Gasteiger charge is 2.19. The summed E-state index contributed by atoms with van der Waals surface area (Å²) >= 11 is 2.39. The Morgan fingerprint density at radius 1 is 1.50 bits per heavy atom. The molecule has 92 valence electrons. The third-order valence-electron chi connectivity index (χ3n) is 1.84. The fraction of sp³-hybridized carbons (Fsp3) is 0.625. The lowest BCUT2D eigenvalue weighted by Crippen LogP contribution is -2.25. The standard InChI is InChI=1S/C8H14N2O3S3/c1-6-7(15-8(11)10-6)16(12,13)9-4-3-5-14-2/h9H,3-5H2,1-2H3,(H,10,11). The molecule has 1 aromatic heterocycles. The number of hydrogen-bond donors (Lipinski definition) is 2. The molecule has 0 unspecified atom stereocenters. The minimum Gasteiger partial charge on any atom is -0.315 e. The van der Waals surface area contributed by atoms with E-state index in [9.17, 15) is 13.2 Å². The SMILES string of the molecule is CSCCCNS(=O)(=O)c1sc(=O)[nH]c1C. The largest absolute Gasteiger partial charge is 0.315 e. The molecule has 8 heteroatoms. The van der Waals surface area contributed by atoms with Gasteiger partial charge in [-0.25, -0.2) is 13.1 Å². The summed E-state index contributed by atoms with van der Waals surface area (Å²) in [6.07, 6.45) is 2.75. The van der Waals surface area contributed by atoms with Crippen LogP contribution in [0.2, 0.25) is 0 Å². The van der Waals surface area contributed by atoms with Crippen molar-refractivity contribution in [1.29, 1.82) is 0 Å². The molecule has 1 aromatic rings. The molecule has 0 saturated carbocycles. The lowest BCUT2D eigenvalue weighted by atomic mass is 10.5. The molecule has 1 heterocycles. The summed E-state index contributed by atoms with van der Waals surface area (Å²) in [5, 5.41) is 0. The Balaban J connectivity index is 2.71. The Morgan fingerprint density at radius 2 is 2.19 bits per heavy atom. The monoisotopic (exact) mass is 282 g/mol. The van der Waals surface area contributed by atoms with Crippen LogP contribution < -0.4 is 9.60 Å². The fourth-order valence-electron chi connectivity index (χ4n) is 1.14. The number of aryl methyl sites for hydroxylation is 1. The zero-order chi connectivity index (χ0) is 12.2. The Hall–Kier alpha value is -0.310. The van der Waals surface area contributed by atoms with Gasteiger partial charge >= 0.3 is 4.87 Å². The van der Waals surface area contributed by atoms with Gasteiger partial charge in [0.2, 0.25) is 0 Å². The van der Waals surface area contributed by atoms with E-state index >= 15 is 0 Å². The first-order chi connectivity index (χ1) is 7.47. The summed E-state index contributed by atoms with van der Waals surface area (Å²) in [5.74, 6) is 0.908. The van der Waals surface area contributed by atoms with Gasteiger partial charge in [-0.15, -0.1) is 0 Å². The van der Waals surface area contributed by atoms with Crippen LogP contribution in [0.15, 0.2) is 9.00 Å². The van der Waals surface area contributed by atoms with Crippen LogP contribution in [0.3, 0.4) is 0 Å². The van der Waals surface area contributed by atoms with Gasteiger partial charge in [0.25, 0.3) is 10.0 Å². The maximum atomic E-state index is 11.8. The molecule has 1 rings (SSSR count). The molecule has 0 bridgehead atoms. The lowest BCUT2D eigenvalue weighted by Gasteiger charge is -2.04. The first kappa shape index (κ1) is 13.8. The zero-order valence-electron chi connectivity index (χ0n) is 9.07. The molecule has 0 saturated heterocycles. The molecule has 0 amide bonds. The quantitative estimate of drug-likeness (QED) is 0.756. The molecule has 0 fully saturated rings. The van der Waals surface area contributed by atoms with Crippen molar-refractivity contribution in [3.05, 3.63) is 15.4 Å². The Morgan fingerprint density at radius 3 is 2.69 bits per heavy atom. The molecular weight excluding hydrogens is 268 g/mol. The topological polar surface area (TPSA) is 79.0 Å². The van der Waals surface area contributed by atoms with Gasteiger partial charge in [0.1, 0.15) is 0 Å². The number of aromatic nitrogens is 1. The molecule has 0 spiro atoms. The molecule has 0 atom stereocenters. The molecular formula is C8H14N2O3S3. The van der Waals surface area contributed by atoms with Gasteiger partial charge in [-0.3, -0.25) is 4.79 Å². The van der Waals surface area contributed by atoms with Crippen LogP contribution >= 0.6 is 23.1 Å². The molecule has 0 aliphatic rings. The number of thiazole rings is 1. The van der Waals surface area contributed by atoms with Crippen molar-refractivity contribution in [2.45, 2.75) is 17.6 Å². The molecule has 0 aliphatic heterocycles. The second-order valence-corrected chi connectivity index (χ2v) is 7.10. The maximum absolute atomic E-state index is 11.8. The van der Waals surface area contributed by atoms with Crippen LogP contribution in [0.25, 0.3) is 0 Å². The highest BCUT2D eigenvalue weighted by Crippen LogP contribution is 2.15. The van der Waals surface area contributed by atoms with Gasteiger partial charge in [-0.2, -0.15) is 11.8 Å². The summed E-state index contributed by atoms with van der Waals surface area (Å²) in [6.45, 7) is 1.98. The van der Waals surface area contributed by atoms with E-state index in [1.807, 2.05) is 6.26 Å².